The van der Waals surface area contributed by atoms with Crippen molar-refractivity contribution in [2.75, 3.05) is 18.5 Å². The van der Waals surface area contributed by atoms with Crippen LogP contribution < -0.4 is 21.3 Å². The van der Waals surface area contributed by atoms with Gasteiger partial charge in [0.2, 0.25) is 5.95 Å². The summed E-state index contributed by atoms with van der Waals surface area (Å²) in [5.41, 5.74) is 0.568. The molecule has 2 aromatic heterocycles. The highest BCUT2D eigenvalue weighted by Crippen LogP contribution is 2.18. The minimum absolute atomic E-state index is 0.0557. The van der Waals surface area contributed by atoms with Crippen LogP contribution >= 0.6 is 0 Å². The average molecular weight is 415 g/mol. The molecule has 0 aliphatic carbocycles. The molecular weight excluding hydrogens is 386 g/mol. The van der Waals surface area contributed by atoms with E-state index in [2.05, 4.69) is 36.1 Å². The summed E-state index contributed by atoms with van der Waals surface area (Å²) in [5, 5.41) is 13.8. The number of aliphatic hydroxyl groups excluding tert-OH is 1. The quantitative estimate of drug-likeness (QED) is 0.488. The molecule has 1 aromatic carbocycles. The van der Waals surface area contributed by atoms with E-state index in [0.29, 0.717) is 24.2 Å². The number of nitrogens with zero attached hydrogens (tertiary/aromatic N) is 3. The van der Waals surface area contributed by atoms with E-state index in [1.54, 1.807) is 11.6 Å². The van der Waals surface area contributed by atoms with Gasteiger partial charge in [0.15, 0.2) is 11.2 Å². The van der Waals surface area contributed by atoms with E-state index in [1.165, 1.54) is 4.57 Å². The number of ether oxygens (including phenoxy) is 1. The highest BCUT2D eigenvalue weighted by molar-refractivity contribution is 5.74. The zero-order chi connectivity index (χ0) is 21.8. The van der Waals surface area contributed by atoms with Crippen LogP contribution in [0.15, 0.2) is 33.9 Å². The van der Waals surface area contributed by atoms with E-state index >= 15 is 0 Å². The summed E-state index contributed by atoms with van der Waals surface area (Å²) in [4.78, 5) is 31.2. The molecule has 3 rings (SSSR count). The van der Waals surface area contributed by atoms with Crippen LogP contribution in [0, 0.1) is 5.92 Å². The molecule has 0 fully saturated rings. The Balaban J connectivity index is 1.87. The Kier molecular flexibility index (Phi) is 6.61. The van der Waals surface area contributed by atoms with Gasteiger partial charge in [0.05, 0.1) is 6.54 Å². The number of anilines is 1. The second-order valence-electron chi connectivity index (χ2n) is 7.78. The number of H-pyrrole nitrogens is 1. The van der Waals surface area contributed by atoms with Crippen LogP contribution in [0.4, 0.5) is 5.95 Å². The molecule has 0 aliphatic heterocycles. The number of benzene rings is 1. The minimum atomic E-state index is -0.885. The van der Waals surface area contributed by atoms with E-state index in [1.807, 2.05) is 24.3 Å². The zero-order valence-corrected chi connectivity index (χ0v) is 17.8. The Hall–Kier alpha value is -3.07. The second kappa shape index (κ2) is 9.17. The van der Waals surface area contributed by atoms with Crippen molar-refractivity contribution in [3.63, 3.8) is 0 Å². The van der Waals surface area contributed by atoms with Gasteiger partial charge in [-0.05, 0) is 30.0 Å². The largest absolute Gasteiger partial charge is 0.491 e. The van der Waals surface area contributed by atoms with Crippen molar-refractivity contribution >= 4 is 17.1 Å². The molecule has 0 saturated heterocycles. The van der Waals surface area contributed by atoms with Gasteiger partial charge in [0.25, 0.3) is 5.56 Å². The number of aliphatic hydroxyl groups is 1. The molecule has 0 spiro atoms. The number of aryl methyl sites for hydroxylation is 2. The monoisotopic (exact) mass is 415 g/mol. The topological polar surface area (TPSA) is 114 Å². The normalized spacial score (nSPS) is 12.5. The van der Waals surface area contributed by atoms with Gasteiger partial charge in [-0.1, -0.05) is 32.9 Å². The number of nitrogens with one attached hydrogen (secondary N) is 2. The lowest BCUT2D eigenvalue weighted by molar-refractivity contribution is 0.0938. The Morgan fingerprint density at radius 2 is 2.07 bits per heavy atom. The molecule has 0 aliphatic rings. The van der Waals surface area contributed by atoms with Crippen LogP contribution in [-0.4, -0.2) is 43.5 Å². The van der Waals surface area contributed by atoms with E-state index in [-0.39, 0.29) is 24.3 Å². The molecule has 0 saturated carbocycles. The molecule has 30 heavy (non-hydrogen) atoms. The van der Waals surface area contributed by atoms with Gasteiger partial charge in [-0.15, -0.1) is 0 Å². The van der Waals surface area contributed by atoms with E-state index in [4.69, 9.17) is 4.74 Å². The number of aromatic nitrogens is 4. The van der Waals surface area contributed by atoms with Gasteiger partial charge < -0.3 is 19.7 Å². The number of hydrogen-bond donors (Lipinski definition) is 3. The first-order valence-electron chi connectivity index (χ1n) is 10.1. The van der Waals surface area contributed by atoms with Crippen LogP contribution in [0.5, 0.6) is 5.75 Å². The Bertz CT molecular complexity index is 1130. The highest BCUT2D eigenvalue weighted by atomic mass is 16.5. The van der Waals surface area contributed by atoms with Crippen molar-refractivity contribution < 1.29 is 9.84 Å². The summed E-state index contributed by atoms with van der Waals surface area (Å²) >= 11 is 0. The van der Waals surface area contributed by atoms with Crippen LogP contribution in [0.3, 0.4) is 0 Å². The standard InChI is InChI=1S/C21H29N5O4/c1-5-14-7-6-8-16(9-14)30-12-15(27)11-26-17-18(23-20(26)22-10-13(2)3)25(4)21(29)24-19(17)28/h6-9,13,15,27H,5,10-12H2,1-4H3,(H,22,23)(H,24,28,29)/t15-/m0/s1. The summed E-state index contributed by atoms with van der Waals surface area (Å²) in [5.74, 6) is 1.46. The number of rotatable bonds is 9. The second-order valence-corrected chi connectivity index (χ2v) is 7.78. The molecule has 9 nitrogen and oxygen atoms in total. The minimum Gasteiger partial charge on any atom is -0.491 e. The summed E-state index contributed by atoms with van der Waals surface area (Å²) in [6.45, 7) is 6.94. The summed E-state index contributed by atoms with van der Waals surface area (Å²) < 4.78 is 8.63. The van der Waals surface area contributed by atoms with Crippen molar-refractivity contribution in [1.29, 1.82) is 0 Å². The lowest BCUT2D eigenvalue weighted by Crippen LogP contribution is -2.31. The third-order valence-corrected chi connectivity index (χ3v) is 4.82. The van der Waals surface area contributed by atoms with Crippen molar-refractivity contribution in [3.05, 3.63) is 50.7 Å². The van der Waals surface area contributed by atoms with Gasteiger partial charge in [-0.2, -0.15) is 4.98 Å². The lowest BCUT2D eigenvalue weighted by atomic mass is 10.2. The fourth-order valence-corrected chi connectivity index (χ4v) is 3.15. The smallest absolute Gasteiger partial charge is 0.329 e. The number of aromatic amines is 1. The van der Waals surface area contributed by atoms with Gasteiger partial charge >= 0.3 is 5.69 Å². The maximum absolute atomic E-state index is 12.5. The van der Waals surface area contributed by atoms with Crippen molar-refractivity contribution in [2.45, 2.75) is 39.8 Å². The molecule has 162 valence electrons. The molecule has 0 bridgehead atoms. The van der Waals surface area contributed by atoms with Crippen LogP contribution in [0.1, 0.15) is 26.3 Å². The molecular formula is C21H29N5O4. The van der Waals surface area contributed by atoms with Crippen molar-refractivity contribution in [2.24, 2.45) is 13.0 Å². The summed E-state index contributed by atoms with van der Waals surface area (Å²) in [6, 6.07) is 7.71. The fraction of sp³-hybridized carbons (Fsp3) is 0.476. The molecule has 9 heteroatoms. The molecule has 0 radical (unpaired) electrons. The van der Waals surface area contributed by atoms with Gasteiger partial charge in [-0.3, -0.25) is 14.3 Å². The maximum Gasteiger partial charge on any atom is 0.329 e. The van der Waals surface area contributed by atoms with E-state index < -0.39 is 17.4 Å². The molecule has 3 N–H and O–H groups in total. The molecule has 2 heterocycles. The first kappa shape index (κ1) is 21.6. The lowest BCUT2D eigenvalue weighted by Gasteiger charge is -2.16. The SMILES string of the molecule is CCc1cccc(OC[C@@H](O)Cn2c(NCC(C)C)nc3c2c(=O)[nH]c(=O)n3C)c1. The maximum atomic E-state index is 12.5. The first-order valence-corrected chi connectivity index (χ1v) is 10.1. The van der Waals surface area contributed by atoms with Crippen molar-refractivity contribution in [3.8, 4) is 5.75 Å². The third kappa shape index (κ3) is 4.73. The zero-order valence-electron chi connectivity index (χ0n) is 17.8. The Morgan fingerprint density at radius 3 is 2.77 bits per heavy atom. The Morgan fingerprint density at radius 1 is 1.30 bits per heavy atom. The Labute approximate surface area is 174 Å². The van der Waals surface area contributed by atoms with Crippen LogP contribution in [-0.2, 0) is 20.0 Å². The number of fused-ring (bicyclic) bond motifs is 1. The summed E-state index contributed by atoms with van der Waals surface area (Å²) in [6.07, 6.45) is 0.0107. The van der Waals surface area contributed by atoms with Gasteiger partial charge in [0, 0.05) is 13.6 Å². The van der Waals surface area contributed by atoms with Crippen molar-refractivity contribution in [1.82, 2.24) is 19.1 Å². The number of hydrogen-bond acceptors (Lipinski definition) is 6. The fourth-order valence-electron chi connectivity index (χ4n) is 3.15. The molecule has 3 aromatic rings. The van der Waals surface area contributed by atoms with Crippen LogP contribution in [0.2, 0.25) is 0 Å². The average Bonchev–Trinajstić information content (AvgIpc) is 3.08. The summed E-state index contributed by atoms with van der Waals surface area (Å²) in [7, 11) is 1.55. The predicted octanol–water partition coefficient (Wildman–Crippen LogP) is 1.49. The third-order valence-electron chi connectivity index (χ3n) is 4.82. The van der Waals surface area contributed by atoms with E-state index in [0.717, 1.165) is 12.0 Å². The predicted molar refractivity (Wildman–Crippen MR) is 116 cm³/mol. The first-order chi connectivity index (χ1) is 14.3. The molecule has 1 atom stereocenters. The molecule has 0 unspecified atom stereocenters. The van der Waals surface area contributed by atoms with Gasteiger partial charge in [-0.25, -0.2) is 4.79 Å². The van der Waals surface area contributed by atoms with Crippen LogP contribution in [0.25, 0.3) is 11.2 Å². The highest BCUT2D eigenvalue weighted by Gasteiger charge is 2.20. The van der Waals surface area contributed by atoms with E-state index in [9.17, 15) is 14.7 Å². The number of imidazole rings is 1. The molecule has 0 amide bonds. The van der Waals surface area contributed by atoms with Gasteiger partial charge in [0.1, 0.15) is 18.5 Å².